The molecule has 0 saturated carbocycles. The van der Waals surface area contributed by atoms with Crippen molar-refractivity contribution < 1.29 is 23.9 Å². The van der Waals surface area contributed by atoms with Crippen LogP contribution in [-0.4, -0.2) is 42.8 Å². The number of rotatable bonds is 5. The highest BCUT2D eigenvalue weighted by Crippen LogP contribution is 2.54. The van der Waals surface area contributed by atoms with Crippen molar-refractivity contribution in [3.8, 4) is 11.5 Å². The van der Waals surface area contributed by atoms with Gasteiger partial charge in [-0.05, 0) is 29.3 Å². The Kier molecular flexibility index (Phi) is 5.14. The molecule has 3 aliphatic heterocycles. The molecule has 180 valence electrons. The fourth-order valence-corrected chi connectivity index (χ4v) is 5.84. The number of carbonyl (C=O) groups excluding carboxylic acids is 3. The first kappa shape index (κ1) is 22.1. The van der Waals surface area contributed by atoms with Crippen molar-refractivity contribution in [2.75, 3.05) is 19.1 Å². The zero-order valence-corrected chi connectivity index (χ0v) is 19.8. The van der Waals surface area contributed by atoms with E-state index in [4.69, 9.17) is 9.47 Å². The van der Waals surface area contributed by atoms with Gasteiger partial charge < -0.3 is 14.4 Å². The number of hydrogen-bond acceptors (Lipinski definition) is 6. The van der Waals surface area contributed by atoms with Gasteiger partial charge in [-0.2, -0.15) is 0 Å². The second-order valence-electron chi connectivity index (χ2n) is 9.11. The van der Waals surface area contributed by atoms with Crippen LogP contribution < -0.4 is 14.4 Å². The number of imide groups is 1. The standard InChI is InChI=1S/C29H24N2O5/c1-35-19-12-13-21(22(16-19)36-2)31-28(33)23-24(29(31)34)26(27(32)18-9-4-3-5-10-18)30-15-14-17-8-6-7-11-20(17)25(23)30/h3-16,23-26H,1-2H3/t23-,24+,25-,26+/m0/s1. The zero-order valence-electron chi connectivity index (χ0n) is 19.8. The largest absolute Gasteiger partial charge is 0.497 e. The molecule has 2 saturated heterocycles. The number of benzene rings is 3. The molecular formula is C29H24N2O5. The van der Waals surface area contributed by atoms with Crippen LogP contribution in [0.25, 0.3) is 6.08 Å². The van der Waals surface area contributed by atoms with Crippen LogP contribution in [0.1, 0.15) is 27.5 Å². The minimum atomic E-state index is -0.835. The maximum atomic E-state index is 14.0. The molecular weight excluding hydrogens is 456 g/mol. The van der Waals surface area contributed by atoms with Crippen LogP contribution in [0.3, 0.4) is 0 Å². The Morgan fingerprint density at radius 1 is 0.833 bits per heavy atom. The SMILES string of the molecule is COc1ccc(N2C(=O)[C@@H]3[C@H](C2=O)[C@@H]2c4ccccc4C=CN2[C@H]3C(=O)c2ccccc2)c(OC)c1. The summed E-state index contributed by atoms with van der Waals surface area (Å²) in [5.74, 6) is -1.57. The molecule has 3 aromatic carbocycles. The van der Waals surface area contributed by atoms with E-state index < -0.39 is 29.8 Å². The van der Waals surface area contributed by atoms with Gasteiger partial charge in [0.05, 0.1) is 37.8 Å². The topological polar surface area (TPSA) is 76.2 Å². The van der Waals surface area contributed by atoms with Crippen LogP contribution in [0.4, 0.5) is 5.69 Å². The predicted octanol–water partition coefficient (Wildman–Crippen LogP) is 4.10. The van der Waals surface area contributed by atoms with E-state index in [1.54, 1.807) is 42.5 Å². The first-order valence-electron chi connectivity index (χ1n) is 11.8. The van der Waals surface area contributed by atoms with Gasteiger partial charge in [0.2, 0.25) is 11.8 Å². The molecule has 0 unspecified atom stereocenters. The molecule has 3 heterocycles. The maximum Gasteiger partial charge on any atom is 0.240 e. The molecule has 3 aromatic rings. The summed E-state index contributed by atoms with van der Waals surface area (Å²) in [7, 11) is 3.02. The lowest BCUT2D eigenvalue weighted by Crippen LogP contribution is -2.44. The highest BCUT2D eigenvalue weighted by molar-refractivity contribution is 6.25. The van der Waals surface area contributed by atoms with Crippen LogP contribution in [-0.2, 0) is 9.59 Å². The third kappa shape index (κ3) is 3.09. The van der Waals surface area contributed by atoms with Gasteiger partial charge in [-0.15, -0.1) is 0 Å². The van der Waals surface area contributed by atoms with Gasteiger partial charge in [0.25, 0.3) is 0 Å². The first-order chi connectivity index (χ1) is 17.5. The van der Waals surface area contributed by atoms with Crippen LogP contribution in [0, 0.1) is 11.8 Å². The van der Waals surface area contributed by atoms with Gasteiger partial charge in [0, 0.05) is 17.8 Å². The Hall–Kier alpha value is -4.39. The monoisotopic (exact) mass is 480 g/mol. The Bertz CT molecular complexity index is 1420. The molecule has 2 amide bonds. The quantitative estimate of drug-likeness (QED) is 0.404. The summed E-state index contributed by atoms with van der Waals surface area (Å²) in [4.78, 5) is 45.0. The summed E-state index contributed by atoms with van der Waals surface area (Å²) < 4.78 is 10.8. The molecule has 3 aliphatic rings. The second kappa shape index (κ2) is 8.37. The lowest BCUT2D eigenvalue weighted by atomic mass is 9.83. The number of methoxy groups -OCH3 is 2. The number of hydrogen-bond donors (Lipinski definition) is 0. The minimum Gasteiger partial charge on any atom is -0.497 e. The van der Waals surface area contributed by atoms with Crippen molar-refractivity contribution in [3.05, 3.63) is 95.7 Å². The van der Waals surface area contributed by atoms with Gasteiger partial charge in [0.15, 0.2) is 5.78 Å². The van der Waals surface area contributed by atoms with Crippen LogP contribution in [0.5, 0.6) is 11.5 Å². The highest BCUT2D eigenvalue weighted by Gasteiger charge is 2.64. The van der Waals surface area contributed by atoms with E-state index in [0.717, 1.165) is 11.1 Å². The van der Waals surface area contributed by atoms with Crippen molar-refractivity contribution >= 4 is 29.4 Å². The minimum absolute atomic E-state index is 0.179. The summed E-state index contributed by atoms with van der Waals surface area (Å²) in [5.41, 5.74) is 2.77. The third-order valence-electron chi connectivity index (χ3n) is 7.42. The summed E-state index contributed by atoms with van der Waals surface area (Å²) in [6.07, 6.45) is 3.80. The maximum absolute atomic E-state index is 14.0. The molecule has 0 aromatic heterocycles. The van der Waals surface area contributed by atoms with E-state index in [2.05, 4.69) is 0 Å². The summed E-state index contributed by atoms with van der Waals surface area (Å²) in [6.45, 7) is 0. The van der Waals surface area contributed by atoms with Gasteiger partial charge in [-0.25, -0.2) is 4.90 Å². The molecule has 0 aliphatic carbocycles. The first-order valence-corrected chi connectivity index (χ1v) is 11.8. The summed E-state index contributed by atoms with van der Waals surface area (Å²) in [5, 5.41) is 0. The van der Waals surface area contributed by atoms with Crippen LogP contribution in [0.15, 0.2) is 79.0 Å². The molecule has 0 radical (unpaired) electrons. The Morgan fingerprint density at radius 2 is 1.56 bits per heavy atom. The Morgan fingerprint density at radius 3 is 2.31 bits per heavy atom. The van der Waals surface area contributed by atoms with E-state index in [1.165, 1.54) is 19.1 Å². The van der Waals surface area contributed by atoms with Gasteiger partial charge in [-0.1, -0.05) is 54.6 Å². The fourth-order valence-electron chi connectivity index (χ4n) is 5.84. The van der Waals surface area contributed by atoms with Crippen molar-refractivity contribution in [2.24, 2.45) is 11.8 Å². The average Bonchev–Trinajstić information content (AvgIpc) is 3.40. The molecule has 0 spiro atoms. The number of amides is 2. The number of carbonyl (C=O) groups is 3. The molecule has 2 fully saturated rings. The molecule has 6 rings (SSSR count). The number of ketones is 1. The normalized spacial score (nSPS) is 23.8. The van der Waals surface area contributed by atoms with Gasteiger partial charge >= 0.3 is 0 Å². The number of ether oxygens (including phenoxy) is 2. The predicted molar refractivity (Wildman–Crippen MR) is 134 cm³/mol. The average molecular weight is 481 g/mol. The molecule has 36 heavy (non-hydrogen) atoms. The fraction of sp³-hybridized carbons (Fsp3) is 0.207. The molecule has 0 N–H and O–H groups in total. The molecule has 0 bridgehead atoms. The number of Topliss-reactive ketones (excluding diaryl/α,β-unsaturated/α-hetero) is 1. The van der Waals surface area contributed by atoms with Crippen LogP contribution in [0.2, 0.25) is 0 Å². The molecule has 7 nitrogen and oxygen atoms in total. The number of fused-ring (bicyclic) bond motifs is 5. The second-order valence-corrected chi connectivity index (χ2v) is 9.11. The lowest BCUT2D eigenvalue weighted by molar-refractivity contribution is -0.123. The molecule has 4 atom stereocenters. The van der Waals surface area contributed by atoms with Crippen molar-refractivity contribution in [1.29, 1.82) is 0 Å². The van der Waals surface area contributed by atoms with E-state index in [9.17, 15) is 14.4 Å². The lowest BCUT2D eigenvalue weighted by Gasteiger charge is -2.35. The Labute approximate surface area is 208 Å². The number of nitrogens with zero attached hydrogens (tertiary/aromatic N) is 2. The highest BCUT2D eigenvalue weighted by atomic mass is 16.5. The van der Waals surface area contributed by atoms with E-state index >= 15 is 0 Å². The van der Waals surface area contributed by atoms with Gasteiger partial charge in [0.1, 0.15) is 17.5 Å². The third-order valence-corrected chi connectivity index (χ3v) is 7.42. The summed E-state index contributed by atoms with van der Waals surface area (Å²) >= 11 is 0. The summed E-state index contributed by atoms with van der Waals surface area (Å²) in [6, 6.07) is 20.5. The Balaban J connectivity index is 1.50. The molecule has 7 heteroatoms. The van der Waals surface area contributed by atoms with Crippen molar-refractivity contribution in [1.82, 2.24) is 4.90 Å². The van der Waals surface area contributed by atoms with E-state index in [-0.39, 0.29) is 11.7 Å². The smallest absolute Gasteiger partial charge is 0.240 e. The number of anilines is 1. The zero-order chi connectivity index (χ0) is 25.0. The van der Waals surface area contributed by atoms with Crippen molar-refractivity contribution in [2.45, 2.75) is 12.1 Å². The van der Waals surface area contributed by atoms with E-state index in [1.807, 2.05) is 47.5 Å². The van der Waals surface area contributed by atoms with Crippen LogP contribution >= 0.6 is 0 Å². The van der Waals surface area contributed by atoms with Crippen molar-refractivity contribution in [3.63, 3.8) is 0 Å². The van der Waals surface area contributed by atoms with Gasteiger partial charge in [-0.3, -0.25) is 14.4 Å². The van der Waals surface area contributed by atoms with E-state index in [0.29, 0.717) is 22.7 Å².